The Morgan fingerprint density at radius 1 is 1.14 bits per heavy atom. The minimum Gasteiger partial charge on any atom is -0.497 e. The molecule has 0 radical (unpaired) electrons. The average molecular weight is 286 g/mol. The number of benzene rings is 2. The van der Waals surface area contributed by atoms with E-state index in [9.17, 15) is 4.79 Å². The number of nitrogens with two attached hydrogens (primary N) is 1. The van der Waals surface area contributed by atoms with E-state index in [1.807, 2.05) is 30.3 Å². The van der Waals surface area contributed by atoms with Crippen molar-refractivity contribution >= 4 is 11.6 Å². The van der Waals surface area contributed by atoms with E-state index < -0.39 is 0 Å². The van der Waals surface area contributed by atoms with E-state index >= 15 is 0 Å². The van der Waals surface area contributed by atoms with Gasteiger partial charge in [0.15, 0.2) is 0 Å². The van der Waals surface area contributed by atoms with Crippen LogP contribution in [0.5, 0.6) is 11.5 Å². The third-order valence-electron chi connectivity index (χ3n) is 2.83. The minimum atomic E-state index is -0.211. The SMILES string of the molecule is COc1cc(N)cc(C(=O)NCCOc2ccccc2)c1. The molecule has 0 saturated heterocycles. The molecule has 2 rings (SSSR count). The third-order valence-corrected chi connectivity index (χ3v) is 2.83. The van der Waals surface area contributed by atoms with Crippen molar-refractivity contribution in [3.05, 3.63) is 54.1 Å². The molecule has 2 aromatic carbocycles. The molecule has 21 heavy (non-hydrogen) atoms. The number of carbonyl (C=O) groups is 1. The molecule has 0 spiro atoms. The maximum absolute atomic E-state index is 12.0. The Bertz CT molecular complexity index is 600. The van der Waals surface area contributed by atoms with Crippen LogP contribution in [0.3, 0.4) is 0 Å². The van der Waals surface area contributed by atoms with Gasteiger partial charge in [-0.25, -0.2) is 0 Å². The van der Waals surface area contributed by atoms with Gasteiger partial charge in [0, 0.05) is 17.3 Å². The third kappa shape index (κ3) is 4.42. The summed E-state index contributed by atoms with van der Waals surface area (Å²) in [7, 11) is 1.53. The number of hydrogen-bond donors (Lipinski definition) is 2. The number of rotatable bonds is 6. The van der Waals surface area contributed by atoms with Crippen LogP contribution < -0.4 is 20.5 Å². The van der Waals surface area contributed by atoms with Gasteiger partial charge in [-0.2, -0.15) is 0 Å². The minimum absolute atomic E-state index is 0.211. The second kappa shape index (κ2) is 7.19. The van der Waals surface area contributed by atoms with Gasteiger partial charge in [0.1, 0.15) is 18.1 Å². The van der Waals surface area contributed by atoms with Gasteiger partial charge in [-0.15, -0.1) is 0 Å². The van der Waals surface area contributed by atoms with Crippen LogP contribution in [0.1, 0.15) is 10.4 Å². The molecule has 0 heterocycles. The van der Waals surface area contributed by atoms with E-state index in [4.69, 9.17) is 15.2 Å². The van der Waals surface area contributed by atoms with E-state index in [1.165, 1.54) is 7.11 Å². The zero-order chi connectivity index (χ0) is 15.1. The Kier molecular flexibility index (Phi) is 5.04. The molecule has 2 aromatic rings. The van der Waals surface area contributed by atoms with Gasteiger partial charge in [-0.05, 0) is 24.3 Å². The van der Waals surface area contributed by atoms with Crippen molar-refractivity contribution in [1.29, 1.82) is 0 Å². The molecule has 0 aliphatic rings. The first-order valence-electron chi connectivity index (χ1n) is 6.59. The monoisotopic (exact) mass is 286 g/mol. The number of hydrogen-bond acceptors (Lipinski definition) is 4. The molecule has 110 valence electrons. The molecular formula is C16H18N2O3. The highest BCUT2D eigenvalue weighted by atomic mass is 16.5. The van der Waals surface area contributed by atoms with Crippen LogP contribution >= 0.6 is 0 Å². The van der Waals surface area contributed by atoms with E-state index in [0.717, 1.165) is 5.75 Å². The summed E-state index contributed by atoms with van der Waals surface area (Å²) in [6.45, 7) is 0.806. The van der Waals surface area contributed by atoms with Crippen molar-refractivity contribution in [2.75, 3.05) is 26.0 Å². The fraction of sp³-hybridized carbons (Fsp3) is 0.188. The molecular weight excluding hydrogens is 268 g/mol. The van der Waals surface area contributed by atoms with Gasteiger partial charge in [0.2, 0.25) is 0 Å². The van der Waals surface area contributed by atoms with Gasteiger partial charge in [-0.3, -0.25) is 4.79 Å². The maximum Gasteiger partial charge on any atom is 0.251 e. The molecule has 0 atom stereocenters. The van der Waals surface area contributed by atoms with Crippen molar-refractivity contribution in [3.63, 3.8) is 0 Å². The van der Waals surface area contributed by atoms with Gasteiger partial charge >= 0.3 is 0 Å². The smallest absolute Gasteiger partial charge is 0.251 e. The van der Waals surface area contributed by atoms with Crippen LogP contribution in [-0.4, -0.2) is 26.2 Å². The van der Waals surface area contributed by atoms with Crippen LogP contribution in [0, 0.1) is 0 Å². The molecule has 0 aliphatic heterocycles. The Morgan fingerprint density at radius 3 is 2.62 bits per heavy atom. The summed E-state index contributed by atoms with van der Waals surface area (Å²) in [6, 6.07) is 14.4. The predicted molar refractivity (Wildman–Crippen MR) is 81.7 cm³/mol. The first-order chi connectivity index (χ1) is 10.2. The van der Waals surface area contributed by atoms with Crippen molar-refractivity contribution in [2.24, 2.45) is 0 Å². The average Bonchev–Trinajstić information content (AvgIpc) is 2.51. The normalized spacial score (nSPS) is 9.95. The topological polar surface area (TPSA) is 73.6 Å². The number of methoxy groups -OCH3 is 1. The molecule has 1 amide bonds. The van der Waals surface area contributed by atoms with Crippen molar-refractivity contribution in [1.82, 2.24) is 5.32 Å². The van der Waals surface area contributed by atoms with E-state index in [1.54, 1.807) is 18.2 Å². The van der Waals surface area contributed by atoms with Crippen molar-refractivity contribution in [3.8, 4) is 11.5 Å². The summed E-state index contributed by atoms with van der Waals surface area (Å²) in [5.41, 5.74) is 6.67. The van der Waals surface area contributed by atoms with Crippen LogP contribution in [0.2, 0.25) is 0 Å². The van der Waals surface area contributed by atoms with Gasteiger partial charge in [0.05, 0.1) is 13.7 Å². The Balaban J connectivity index is 1.83. The quantitative estimate of drug-likeness (QED) is 0.630. The van der Waals surface area contributed by atoms with Crippen LogP contribution in [-0.2, 0) is 0 Å². The molecule has 0 aromatic heterocycles. The number of anilines is 1. The second-order valence-electron chi connectivity index (χ2n) is 4.41. The summed E-state index contributed by atoms with van der Waals surface area (Å²) in [5.74, 6) is 1.12. The van der Waals surface area contributed by atoms with Gasteiger partial charge in [0.25, 0.3) is 5.91 Å². The lowest BCUT2D eigenvalue weighted by atomic mass is 10.2. The molecule has 0 fully saturated rings. The summed E-state index contributed by atoms with van der Waals surface area (Å²) in [5, 5.41) is 2.77. The number of nitrogen functional groups attached to an aromatic ring is 1. The van der Waals surface area contributed by atoms with Crippen LogP contribution in [0.4, 0.5) is 5.69 Å². The standard InChI is InChI=1S/C16H18N2O3/c1-20-15-10-12(9-13(17)11-15)16(19)18-7-8-21-14-5-3-2-4-6-14/h2-6,9-11H,7-8,17H2,1H3,(H,18,19). The lowest BCUT2D eigenvalue weighted by Gasteiger charge is -2.09. The lowest BCUT2D eigenvalue weighted by molar-refractivity contribution is 0.0946. The molecule has 5 nitrogen and oxygen atoms in total. The highest BCUT2D eigenvalue weighted by molar-refractivity contribution is 5.95. The predicted octanol–water partition coefficient (Wildman–Crippen LogP) is 2.09. The number of carbonyl (C=O) groups excluding carboxylic acids is 1. The van der Waals surface area contributed by atoms with Crippen LogP contribution in [0.25, 0.3) is 0 Å². The first kappa shape index (κ1) is 14.7. The summed E-state index contributed by atoms with van der Waals surface area (Å²) >= 11 is 0. The highest BCUT2D eigenvalue weighted by Gasteiger charge is 2.07. The second-order valence-corrected chi connectivity index (χ2v) is 4.41. The lowest BCUT2D eigenvalue weighted by Crippen LogP contribution is -2.28. The summed E-state index contributed by atoms with van der Waals surface area (Å²) in [6.07, 6.45) is 0. The molecule has 5 heteroatoms. The van der Waals surface area contributed by atoms with Crippen molar-refractivity contribution < 1.29 is 14.3 Å². The summed E-state index contributed by atoms with van der Waals surface area (Å²) < 4.78 is 10.6. The zero-order valence-corrected chi connectivity index (χ0v) is 11.8. The Hall–Kier alpha value is -2.69. The fourth-order valence-electron chi connectivity index (χ4n) is 1.82. The maximum atomic E-state index is 12.0. The fourth-order valence-corrected chi connectivity index (χ4v) is 1.82. The Labute approximate surface area is 123 Å². The van der Waals surface area contributed by atoms with Gasteiger partial charge in [-0.1, -0.05) is 18.2 Å². The largest absolute Gasteiger partial charge is 0.497 e. The highest BCUT2D eigenvalue weighted by Crippen LogP contribution is 2.18. The number of amides is 1. The van der Waals surface area contributed by atoms with E-state index in [0.29, 0.717) is 30.2 Å². The zero-order valence-electron chi connectivity index (χ0n) is 11.8. The molecule has 0 saturated carbocycles. The van der Waals surface area contributed by atoms with Crippen LogP contribution in [0.15, 0.2) is 48.5 Å². The van der Waals surface area contributed by atoms with Crippen molar-refractivity contribution in [2.45, 2.75) is 0 Å². The molecule has 0 unspecified atom stereocenters. The summed E-state index contributed by atoms with van der Waals surface area (Å²) in [4.78, 5) is 12.0. The number of nitrogens with one attached hydrogen (secondary N) is 1. The van der Waals surface area contributed by atoms with E-state index in [2.05, 4.69) is 5.32 Å². The number of ether oxygens (including phenoxy) is 2. The molecule has 3 N–H and O–H groups in total. The molecule has 0 aliphatic carbocycles. The Morgan fingerprint density at radius 2 is 1.90 bits per heavy atom. The van der Waals surface area contributed by atoms with Gasteiger partial charge < -0.3 is 20.5 Å². The number of para-hydroxylation sites is 1. The molecule has 0 bridgehead atoms. The van der Waals surface area contributed by atoms with E-state index in [-0.39, 0.29) is 5.91 Å². The first-order valence-corrected chi connectivity index (χ1v) is 6.59.